The molecule has 1 N–H and O–H groups in total. The number of ether oxygens (including phenoxy) is 1. The SMILES string of the molecule is COC1CC(NCc2cccc3ccccc23)C1. The lowest BCUT2D eigenvalue weighted by molar-refractivity contribution is 0.0170. The number of methoxy groups -OCH3 is 1. The fraction of sp³-hybridized carbons (Fsp3) is 0.375. The second-order valence-corrected chi connectivity index (χ2v) is 5.05. The van der Waals surface area contributed by atoms with Gasteiger partial charge in [-0.1, -0.05) is 42.5 Å². The van der Waals surface area contributed by atoms with Gasteiger partial charge in [0.1, 0.15) is 0 Å². The molecule has 0 aliphatic heterocycles. The topological polar surface area (TPSA) is 21.3 Å². The van der Waals surface area contributed by atoms with Crippen molar-refractivity contribution in [2.24, 2.45) is 0 Å². The summed E-state index contributed by atoms with van der Waals surface area (Å²) < 4.78 is 5.30. The lowest BCUT2D eigenvalue weighted by Crippen LogP contribution is -2.44. The first-order chi connectivity index (χ1) is 8.86. The molecule has 18 heavy (non-hydrogen) atoms. The number of benzene rings is 2. The van der Waals surface area contributed by atoms with Crippen LogP contribution in [0.3, 0.4) is 0 Å². The minimum absolute atomic E-state index is 0.468. The molecule has 0 unspecified atom stereocenters. The first kappa shape index (κ1) is 11.7. The van der Waals surface area contributed by atoms with Crippen molar-refractivity contribution >= 4 is 10.8 Å². The molecule has 0 amide bonds. The second-order valence-electron chi connectivity index (χ2n) is 5.05. The van der Waals surface area contributed by atoms with E-state index in [0.29, 0.717) is 12.1 Å². The van der Waals surface area contributed by atoms with Crippen LogP contribution in [0, 0.1) is 0 Å². The molecule has 0 bridgehead atoms. The molecule has 0 atom stereocenters. The molecule has 2 aromatic carbocycles. The Bertz CT molecular complexity index is 526. The normalized spacial score (nSPS) is 22.9. The molecule has 94 valence electrons. The van der Waals surface area contributed by atoms with Gasteiger partial charge in [0.15, 0.2) is 0 Å². The third-order valence-electron chi connectivity index (χ3n) is 3.89. The van der Waals surface area contributed by atoms with Crippen molar-refractivity contribution in [3.05, 3.63) is 48.0 Å². The van der Waals surface area contributed by atoms with Crippen LogP contribution >= 0.6 is 0 Å². The lowest BCUT2D eigenvalue weighted by atomic mass is 9.89. The molecule has 2 nitrogen and oxygen atoms in total. The average Bonchev–Trinajstić information content (AvgIpc) is 2.37. The summed E-state index contributed by atoms with van der Waals surface area (Å²) in [5.41, 5.74) is 1.38. The van der Waals surface area contributed by atoms with E-state index in [-0.39, 0.29) is 0 Å². The molecule has 1 fully saturated rings. The zero-order valence-electron chi connectivity index (χ0n) is 10.7. The van der Waals surface area contributed by atoms with Gasteiger partial charge in [-0.25, -0.2) is 0 Å². The molecular weight excluding hydrogens is 222 g/mol. The second kappa shape index (κ2) is 5.09. The fourth-order valence-corrected chi connectivity index (χ4v) is 2.63. The van der Waals surface area contributed by atoms with E-state index in [1.807, 2.05) is 0 Å². The van der Waals surface area contributed by atoms with Gasteiger partial charge in [0.25, 0.3) is 0 Å². The van der Waals surface area contributed by atoms with Crippen LogP contribution in [-0.2, 0) is 11.3 Å². The molecule has 0 saturated heterocycles. The van der Waals surface area contributed by atoms with Crippen molar-refractivity contribution in [1.82, 2.24) is 5.32 Å². The van der Waals surface area contributed by atoms with Crippen molar-refractivity contribution < 1.29 is 4.74 Å². The molecule has 1 aliphatic rings. The Morgan fingerprint density at radius 1 is 1.11 bits per heavy atom. The van der Waals surface area contributed by atoms with Crippen molar-refractivity contribution in [1.29, 1.82) is 0 Å². The van der Waals surface area contributed by atoms with Crippen LogP contribution < -0.4 is 5.32 Å². The van der Waals surface area contributed by atoms with E-state index >= 15 is 0 Å². The molecule has 1 aliphatic carbocycles. The molecule has 1 saturated carbocycles. The maximum atomic E-state index is 5.30. The van der Waals surface area contributed by atoms with E-state index in [1.54, 1.807) is 7.11 Å². The van der Waals surface area contributed by atoms with E-state index in [4.69, 9.17) is 4.74 Å². The Hall–Kier alpha value is -1.38. The molecule has 2 heteroatoms. The predicted molar refractivity (Wildman–Crippen MR) is 74.6 cm³/mol. The van der Waals surface area contributed by atoms with Crippen LogP contribution in [0.5, 0.6) is 0 Å². The highest BCUT2D eigenvalue weighted by atomic mass is 16.5. The zero-order valence-corrected chi connectivity index (χ0v) is 10.7. The van der Waals surface area contributed by atoms with Gasteiger partial charge in [-0.05, 0) is 29.2 Å². The summed E-state index contributed by atoms with van der Waals surface area (Å²) in [7, 11) is 1.80. The van der Waals surface area contributed by atoms with E-state index < -0.39 is 0 Å². The Balaban J connectivity index is 1.68. The predicted octanol–water partition coefficient (Wildman–Crippen LogP) is 3.11. The third kappa shape index (κ3) is 2.26. The Morgan fingerprint density at radius 3 is 2.72 bits per heavy atom. The lowest BCUT2D eigenvalue weighted by Gasteiger charge is -2.34. The van der Waals surface area contributed by atoms with Crippen molar-refractivity contribution in [2.45, 2.75) is 31.5 Å². The van der Waals surface area contributed by atoms with Crippen LogP contribution in [0.4, 0.5) is 0 Å². The minimum atomic E-state index is 0.468. The highest BCUT2D eigenvalue weighted by molar-refractivity contribution is 5.85. The summed E-state index contributed by atoms with van der Waals surface area (Å²) in [6, 6.07) is 15.7. The summed E-state index contributed by atoms with van der Waals surface area (Å²) in [5, 5.41) is 6.29. The van der Waals surface area contributed by atoms with Crippen molar-refractivity contribution in [3.63, 3.8) is 0 Å². The smallest absolute Gasteiger partial charge is 0.0601 e. The fourth-order valence-electron chi connectivity index (χ4n) is 2.63. The number of rotatable bonds is 4. The molecule has 0 heterocycles. The van der Waals surface area contributed by atoms with E-state index in [0.717, 1.165) is 19.4 Å². The molecular formula is C16H19NO. The van der Waals surface area contributed by atoms with Gasteiger partial charge in [0.05, 0.1) is 6.10 Å². The van der Waals surface area contributed by atoms with Gasteiger partial charge >= 0.3 is 0 Å². The minimum Gasteiger partial charge on any atom is -0.381 e. The first-order valence-corrected chi connectivity index (χ1v) is 6.59. The molecule has 2 aromatic rings. The van der Waals surface area contributed by atoms with Gasteiger partial charge in [-0.3, -0.25) is 0 Å². The molecule has 0 radical (unpaired) electrons. The quantitative estimate of drug-likeness (QED) is 0.888. The van der Waals surface area contributed by atoms with E-state index in [2.05, 4.69) is 47.8 Å². The Kier molecular flexibility index (Phi) is 3.31. The van der Waals surface area contributed by atoms with Crippen molar-refractivity contribution in [2.75, 3.05) is 7.11 Å². The van der Waals surface area contributed by atoms with E-state index in [1.165, 1.54) is 16.3 Å². The first-order valence-electron chi connectivity index (χ1n) is 6.59. The van der Waals surface area contributed by atoms with Crippen LogP contribution in [-0.4, -0.2) is 19.3 Å². The Morgan fingerprint density at radius 2 is 1.89 bits per heavy atom. The van der Waals surface area contributed by atoms with Gasteiger partial charge in [-0.2, -0.15) is 0 Å². The largest absolute Gasteiger partial charge is 0.381 e. The molecule has 3 rings (SSSR count). The molecule has 0 spiro atoms. The summed E-state index contributed by atoms with van der Waals surface area (Å²) in [6.45, 7) is 0.947. The van der Waals surface area contributed by atoms with Gasteiger partial charge in [0, 0.05) is 19.7 Å². The van der Waals surface area contributed by atoms with Crippen LogP contribution in [0.2, 0.25) is 0 Å². The van der Waals surface area contributed by atoms with Crippen LogP contribution in [0.1, 0.15) is 18.4 Å². The number of fused-ring (bicyclic) bond motifs is 1. The van der Waals surface area contributed by atoms with Gasteiger partial charge in [-0.15, -0.1) is 0 Å². The number of hydrogen-bond donors (Lipinski definition) is 1. The van der Waals surface area contributed by atoms with E-state index in [9.17, 15) is 0 Å². The van der Waals surface area contributed by atoms with Gasteiger partial charge in [0.2, 0.25) is 0 Å². The van der Waals surface area contributed by atoms with Crippen LogP contribution in [0.25, 0.3) is 10.8 Å². The zero-order chi connectivity index (χ0) is 12.4. The standard InChI is InChI=1S/C16H19NO/c1-18-15-9-14(10-15)17-11-13-7-4-6-12-5-2-3-8-16(12)13/h2-8,14-15,17H,9-11H2,1H3. The summed E-state index contributed by atoms with van der Waals surface area (Å²) in [5.74, 6) is 0. The Labute approximate surface area is 108 Å². The third-order valence-corrected chi connectivity index (χ3v) is 3.89. The maximum Gasteiger partial charge on any atom is 0.0601 e. The average molecular weight is 241 g/mol. The summed E-state index contributed by atoms with van der Waals surface area (Å²) in [4.78, 5) is 0. The maximum absolute atomic E-state index is 5.30. The summed E-state index contributed by atoms with van der Waals surface area (Å²) in [6.07, 6.45) is 2.75. The molecule has 0 aromatic heterocycles. The number of hydrogen-bond acceptors (Lipinski definition) is 2. The van der Waals surface area contributed by atoms with Crippen molar-refractivity contribution in [3.8, 4) is 0 Å². The number of nitrogens with one attached hydrogen (secondary N) is 1. The summed E-state index contributed by atoms with van der Waals surface area (Å²) >= 11 is 0. The monoisotopic (exact) mass is 241 g/mol. The van der Waals surface area contributed by atoms with Crippen LogP contribution in [0.15, 0.2) is 42.5 Å². The highest BCUT2D eigenvalue weighted by Gasteiger charge is 2.28. The van der Waals surface area contributed by atoms with Gasteiger partial charge < -0.3 is 10.1 Å². The highest BCUT2D eigenvalue weighted by Crippen LogP contribution is 2.24.